The molecule has 0 fully saturated rings. The summed E-state index contributed by atoms with van der Waals surface area (Å²) in [6.45, 7) is 0.979. The van der Waals surface area contributed by atoms with Crippen molar-refractivity contribution in [3.05, 3.63) is 35.9 Å². The molecule has 0 heterocycles. The van der Waals surface area contributed by atoms with E-state index < -0.39 is 0 Å². The van der Waals surface area contributed by atoms with E-state index in [4.69, 9.17) is 0 Å². The maximum absolute atomic E-state index is 4.52. The molecule has 0 amide bonds. The summed E-state index contributed by atoms with van der Waals surface area (Å²) in [6, 6.07) is 10.4. The van der Waals surface area contributed by atoms with Crippen molar-refractivity contribution >= 4 is 12.6 Å². The highest BCUT2D eigenvalue weighted by molar-refractivity contribution is 7.80. The highest BCUT2D eigenvalue weighted by atomic mass is 32.1. The van der Waals surface area contributed by atoms with Gasteiger partial charge in [0.05, 0.1) is 0 Å². The molecule has 0 bridgehead atoms. The van der Waals surface area contributed by atoms with E-state index in [2.05, 4.69) is 43.8 Å². The van der Waals surface area contributed by atoms with E-state index in [9.17, 15) is 0 Å². The molecule has 0 aliphatic carbocycles. The van der Waals surface area contributed by atoms with Crippen LogP contribution in [0.1, 0.15) is 10.8 Å². The topological polar surface area (TPSA) is 3.24 Å². The molecule has 0 N–H and O–H groups in total. The number of likely N-dealkylation sites (N-methyl/N-ethyl adjacent to an activating group) is 1. The molecule has 2 heteroatoms. The Balaban J connectivity index is 2.59. The van der Waals surface area contributed by atoms with Gasteiger partial charge in [0.1, 0.15) is 0 Å². The molecule has 66 valence electrons. The van der Waals surface area contributed by atoms with Crippen LogP contribution >= 0.6 is 12.6 Å². The molecule has 1 rings (SSSR count). The van der Waals surface area contributed by atoms with Crippen molar-refractivity contribution in [3.63, 3.8) is 0 Å². The van der Waals surface area contributed by atoms with Crippen molar-refractivity contribution < 1.29 is 0 Å². The van der Waals surface area contributed by atoms with Crippen LogP contribution in [0.4, 0.5) is 0 Å². The first-order valence-electron chi connectivity index (χ1n) is 4.08. The first-order valence-corrected chi connectivity index (χ1v) is 4.59. The molecule has 0 aliphatic heterocycles. The Bertz CT molecular complexity index is 221. The van der Waals surface area contributed by atoms with Gasteiger partial charge >= 0.3 is 0 Å². The predicted molar refractivity (Wildman–Crippen MR) is 56.7 cm³/mol. The minimum atomic E-state index is 0.321. The first kappa shape index (κ1) is 9.62. The lowest BCUT2D eigenvalue weighted by Gasteiger charge is -2.16. The molecule has 0 unspecified atom stereocenters. The van der Waals surface area contributed by atoms with Crippen LogP contribution in [0.15, 0.2) is 30.3 Å². The Morgan fingerprint density at radius 3 is 2.33 bits per heavy atom. The number of hydrogen-bond acceptors (Lipinski definition) is 2. The van der Waals surface area contributed by atoms with Crippen LogP contribution in [-0.2, 0) is 0 Å². The third-order valence-corrected chi connectivity index (χ3v) is 2.18. The lowest BCUT2D eigenvalue weighted by Crippen LogP contribution is -2.17. The summed E-state index contributed by atoms with van der Waals surface area (Å²) in [5, 5.41) is 0.321. The lowest BCUT2D eigenvalue weighted by molar-refractivity contribution is 0.411. The quantitative estimate of drug-likeness (QED) is 0.700. The Hall–Kier alpha value is -0.470. The van der Waals surface area contributed by atoms with Crippen LogP contribution in [0, 0.1) is 0 Å². The fourth-order valence-electron chi connectivity index (χ4n) is 1.13. The molecule has 1 aromatic carbocycles. The summed E-state index contributed by atoms with van der Waals surface area (Å²) in [5.74, 6) is 0. The van der Waals surface area contributed by atoms with Crippen molar-refractivity contribution in [2.24, 2.45) is 0 Å². The molecule has 0 saturated carbocycles. The van der Waals surface area contributed by atoms with Gasteiger partial charge < -0.3 is 4.90 Å². The second kappa shape index (κ2) is 4.53. The van der Waals surface area contributed by atoms with Gasteiger partial charge in [0.2, 0.25) is 0 Å². The fraction of sp³-hybridized carbons (Fsp3) is 0.400. The molecule has 0 spiro atoms. The summed E-state index contributed by atoms with van der Waals surface area (Å²) < 4.78 is 0. The average molecular weight is 181 g/mol. The van der Waals surface area contributed by atoms with Crippen molar-refractivity contribution in [1.82, 2.24) is 4.90 Å². The number of rotatable bonds is 3. The number of nitrogens with zero attached hydrogens (tertiary/aromatic N) is 1. The van der Waals surface area contributed by atoms with Crippen molar-refractivity contribution in [3.8, 4) is 0 Å². The molecule has 0 aliphatic rings. The van der Waals surface area contributed by atoms with Crippen LogP contribution < -0.4 is 0 Å². The molecular weight excluding hydrogens is 166 g/mol. The van der Waals surface area contributed by atoms with E-state index in [1.54, 1.807) is 0 Å². The second-order valence-corrected chi connectivity index (χ2v) is 3.81. The average Bonchev–Trinajstić information content (AvgIpc) is 2.05. The van der Waals surface area contributed by atoms with Gasteiger partial charge in [0.15, 0.2) is 0 Å². The van der Waals surface area contributed by atoms with Gasteiger partial charge in [-0.1, -0.05) is 30.3 Å². The van der Waals surface area contributed by atoms with E-state index in [0.29, 0.717) is 5.25 Å². The highest BCUT2D eigenvalue weighted by Gasteiger charge is 2.05. The van der Waals surface area contributed by atoms with Gasteiger partial charge in [-0.25, -0.2) is 0 Å². The van der Waals surface area contributed by atoms with Crippen LogP contribution in [0.2, 0.25) is 0 Å². The van der Waals surface area contributed by atoms with Crippen LogP contribution in [-0.4, -0.2) is 25.5 Å². The van der Waals surface area contributed by atoms with Gasteiger partial charge in [0.25, 0.3) is 0 Å². The SMILES string of the molecule is CN(C)C[C@H](S)c1ccccc1. The number of benzene rings is 1. The zero-order chi connectivity index (χ0) is 8.97. The second-order valence-electron chi connectivity index (χ2n) is 3.19. The van der Waals surface area contributed by atoms with Gasteiger partial charge in [-0.2, -0.15) is 12.6 Å². The summed E-state index contributed by atoms with van der Waals surface area (Å²) >= 11 is 4.52. The van der Waals surface area contributed by atoms with Crippen LogP contribution in [0.5, 0.6) is 0 Å². The van der Waals surface area contributed by atoms with E-state index in [1.165, 1.54) is 5.56 Å². The minimum absolute atomic E-state index is 0.321. The molecular formula is C10H15NS. The zero-order valence-electron chi connectivity index (χ0n) is 7.57. The van der Waals surface area contributed by atoms with E-state index in [1.807, 2.05) is 18.2 Å². The highest BCUT2D eigenvalue weighted by Crippen LogP contribution is 2.19. The van der Waals surface area contributed by atoms with Gasteiger partial charge in [-0.15, -0.1) is 0 Å². The fourth-order valence-corrected chi connectivity index (χ4v) is 1.63. The van der Waals surface area contributed by atoms with Gasteiger partial charge in [-0.05, 0) is 19.7 Å². The molecule has 12 heavy (non-hydrogen) atoms. The third-order valence-electron chi connectivity index (χ3n) is 1.72. The third kappa shape index (κ3) is 2.88. The predicted octanol–water partition coefficient (Wildman–Crippen LogP) is 2.22. The molecule has 1 atom stereocenters. The van der Waals surface area contributed by atoms with Crippen molar-refractivity contribution in [1.29, 1.82) is 0 Å². The summed E-state index contributed by atoms with van der Waals surface area (Å²) in [4.78, 5) is 2.14. The smallest absolute Gasteiger partial charge is 0.0394 e. The largest absolute Gasteiger partial charge is 0.308 e. The molecule has 0 saturated heterocycles. The summed E-state index contributed by atoms with van der Waals surface area (Å²) in [5.41, 5.74) is 1.29. The minimum Gasteiger partial charge on any atom is -0.308 e. The first-order chi connectivity index (χ1) is 5.70. The van der Waals surface area contributed by atoms with Crippen LogP contribution in [0.3, 0.4) is 0 Å². The Labute approximate surface area is 79.8 Å². The number of hydrogen-bond donors (Lipinski definition) is 1. The zero-order valence-corrected chi connectivity index (χ0v) is 8.46. The molecule has 0 aromatic heterocycles. The Morgan fingerprint density at radius 1 is 1.25 bits per heavy atom. The summed E-state index contributed by atoms with van der Waals surface area (Å²) in [6.07, 6.45) is 0. The maximum Gasteiger partial charge on any atom is 0.0394 e. The van der Waals surface area contributed by atoms with Gasteiger partial charge in [0, 0.05) is 11.8 Å². The van der Waals surface area contributed by atoms with E-state index in [-0.39, 0.29) is 0 Å². The Kier molecular flexibility index (Phi) is 3.63. The van der Waals surface area contributed by atoms with Crippen molar-refractivity contribution in [2.75, 3.05) is 20.6 Å². The van der Waals surface area contributed by atoms with E-state index >= 15 is 0 Å². The molecule has 1 aromatic rings. The monoisotopic (exact) mass is 181 g/mol. The Morgan fingerprint density at radius 2 is 1.83 bits per heavy atom. The number of thiol groups is 1. The molecule has 0 radical (unpaired) electrons. The van der Waals surface area contributed by atoms with Crippen LogP contribution in [0.25, 0.3) is 0 Å². The standard InChI is InChI=1S/C10H15NS/c1-11(2)8-10(12)9-6-4-3-5-7-9/h3-7,10,12H,8H2,1-2H3/t10-/m0/s1. The molecule has 1 nitrogen and oxygen atoms in total. The maximum atomic E-state index is 4.52. The van der Waals surface area contributed by atoms with Gasteiger partial charge in [-0.3, -0.25) is 0 Å². The van der Waals surface area contributed by atoms with E-state index in [0.717, 1.165) is 6.54 Å². The lowest BCUT2D eigenvalue weighted by atomic mass is 10.1. The van der Waals surface area contributed by atoms with Crippen molar-refractivity contribution in [2.45, 2.75) is 5.25 Å². The normalized spacial score (nSPS) is 13.3. The summed E-state index contributed by atoms with van der Waals surface area (Å²) in [7, 11) is 4.12.